The summed E-state index contributed by atoms with van der Waals surface area (Å²) < 4.78 is 20.7. The number of aliphatic hydroxyl groups excluding tert-OH is 1. The number of aliphatic hydroxyl groups is 1. The molecule has 2 atom stereocenters. The molecule has 202 valence electrons. The minimum Gasteiger partial charge on any atom is -0.493 e. The van der Waals surface area contributed by atoms with Crippen molar-refractivity contribution in [2.75, 3.05) is 48.6 Å². The first kappa shape index (κ1) is 30.1. The van der Waals surface area contributed by atoms with E-state index in [9.17, 15) is 15.2 Å². The number of likely N-dealkylation sites (N-methyl/N-ethyl adjacent to an activating group) is 1. The van der Waals surface area contributed by atoms with Gasteiger partial charge in [-0.3, -0.25) is 0 Å². The van der Waals surface area contributed by atoms with Crippen molar-refractivity contribution in [3.05, 3.63) is 58.7 Å². The lowest BCUT2D eigenvalue weighted by Gasteiger charge is -2.32. The Balaban J connectivity index is 2.09. The van der Waals surface area contributed by atoms with E-state index < -0.39 is 17.7 Å². The van der Waals surface area contributed by atoms with Gasteiger partial charge in [0.1, 0.15) is 0 Å². The summed E-state index contributed by atoms with van der Waals surface area (Å²) in [6.45, 7) is 5.69. The fourth-order valence-electron chi connectivity index (χ4n) is 4.57. The molecular formula is C29H40N2O6. The lowest BCUT2D eigenvalue weighted by Crippen LogP contribution is -2.32. The van der Waals surface area contributed by atoms with Crippen molar-refractivity contribution < 1.29 is 28.8 Å². The maximum Gasteiger partial charge on any atom is 0.337 e. The third kappa shape index (κ3) is 7.45. The molecule has 0 bridgehead atoms. The number of carbonyl (C=O) groups excluding carboxylic acids is 1. The highest BCUT2D eigenvalue weighted by molar-refractivity contribution is 5.89. The average Bonchev–Trinajstić information content (AvgIpc) is 2.92. The lowest BCUT2D eigenvalue weighted by molar-refractivity contribution is -0.0770. The van der Waals surface area contributed by atoms with E-state index in [1.54, 1.807) is 26.4 Å². The Kier molecular flexibility index (Phi) is 11.4. The Hall–Kier alpha value is -3.12. The van der Waals surface area contributed by atoms with Crippen LogP contribution in [0.5, 0.6) is 11.5 Å². The van der Waals surface area contributed by atoms with Gasteiger partial charge in [-0.05, 0) is 74.2 Å². The van der Waals surface area contributed by atoms with E-state index in [4.69, 9.17) is 18.9 Å². The molecule has 0 saturated heterocycles. The van der Waals surface area contributed by atoms with E-state index in [1.165, 1.54) is 14.2 Å². The summed E-state index contributed by atoms with van der Waals surface area (Å²) in [7, 11) is 7.97. The molecule has 8 nitrogen and oxygen atoms in total. The monoisotopic (exact) mass is 512 g/mol. The number of nitrogens with zero attached hydrogens (tertiary/aromatic N) is 2. The van der Waals surface area contributed by atoms with E-state index >= 15 is 0 Å². The number of hydrogen-bond acceptors (Lipinski definition) is 8. The van der Waals surface area contributed by atoms with Crippen LogP contribution >= 0.6 is 0 Å². The van der Waals surface area contributed by atoms with Crippen molar-refractivity contribution in [2.45, 2.75) is 44.8 Å². The van der Waals surface area contributed by atoms with E-state index in [1.807, 2.05) is 31.3 Å². The Morgan fingerprint density at radius 1 is 1.05 bits per heavy atom. The Labute approximate surface area is 220 Å². The summed E-state index contributed by atoms with van der Waals surface area (Å²) in [6.07, 6.45) is 1.08. The number of ether oxygens (including phenoxy) is 4. The second-order valence-corrected chi connectivity index (χ2v) is 9.51. The second kappa shape index (κ2) is 14.0. The third-order valence-corrected chi connectivity index (χ3v) is 6.92. The molecule has 2 aromatic rings. The topological polar surface area (TPSA) is 101 Å². The summed E-state index contributed by atoms with van der Waals surface area (Å²) >= 11 is 0. The normalized spacial score (nSPS) is 13.6. The van der Waals surface area contributed by atoms with Crippen molar-refractivity contribution in [1.82, 2.24) is 4.90 Å². The molecule has 0 aromatic heterocycles. The molecule has 2 unspecified atom stereocenters. The summed E-state index contributed by atoms with van der Waals surface area (Å²) in [5.74, 6) is 0.896. The third-order valence-electron chi connectivity index (χ3n) is 6.92. The van der Waals surface area contributed by atoms with Crippen molar-refractivity contribution in [3.63, 3.8) is 0 Å². The zero-order valence-corrected chi connectivity index (χ0v) is 23.0. The van der Waals surface area contributed by atoms with E-state index in [0.29, 0.717) is 35.5 Å². The fraction of sp³-hybridized carbons (Fsp3) is 0.517. The summed E-state index contributed by atoms with van der Waals surface area (Å²) in [5.41, 5.74) is 2.06. The van der Waals surface area contributed by atoms with Gasteiger partial charge in [-0.2, -0.15) is 5.26 Å². The molecule has 2 rings (SSSR count). The number of benzene rings is 2. The molecule has 0 amide bonds. The number of methoxy groups -OCH3 is 4. The average molecular weight is 513 g/mol. The van der Waals surface area contributed by atoms with Crippen LogP contribution in [-0.4, -0.2) is 64.6 Å². The molecule has 0 fully saturated rings. The largest absolute Gasteiger partial charge is 0.493 e. The molecule has 8 heteroatoms. The van der Waals surface area contributed by atoms with Crippen LogP contribution in [0.25, 0.3) is 0 Å². The van der Waals surface area contributed by atoms with Gasteiger partial charge in [0.05, 0.1) is 38.4 Å². The Bertz CT molecular complexity index is 1080. The van der Waals surface area contributed by atoms with Gasteiger partial charge in [0, 0.05) is 19.2 Å². The van der Waals surface area contributed by atoms with E-state index in [0.717, 1.165) is 30.6 Å². The van der Waals surface area contributed by atoms with Crippen LogP contribution in [0.1, 0.15) is 60.0 Å². The number of carbonyl (C=O) groups is 1. The Morgan fingerprint density at radius 2 is 1.76 bits per heavy atom. The number of esters is 1. The molecule has 0 aliphatic heterocycles. The van der Waals surface area contributed by atoms with Crippen LogP contribution < -0.4 is 9.47 Å². The van der Waals surface area contributed by atoms with Gasteiger partial charge in [-0.15, -0.1) is 0 Å². The van der Waals surface area contributed by atoms with Crippen molar-refractivity contribution in [2.24, 2.45) is 5.92 Å². The summed E-state index contributed by atoms with van der Waals surface area (Å²) in [6, 6.07) is 13.5. The van der Waals surface area contributed by atoms with E-state index in [-0.39, 0.29) is 5.92 Å². The molecule has 0 aliphatic rings. The fourth-order valence-corrected chi connectivity index (χ4v) is 4.57. The molecule has 0 radical (unpaired) electrons. The summed E-state index contributed by atoms with van der Waals surface area (Å²) in [5, 5.41) is 20.4. The molecule has 37 heavy (non-hydrogen) atoms. The smallest absolute Gasteiger partial charge is 0.337 e. The second-order valence-electron chi connectivity index (χ2n) is 9.51. The van der Waals surface area contributed by atoms with Crippen molar-refractivity contribution in [1.29, 1.82) is 5.26 Å². The molecule has 2 aromatic carbocycles. The van der Waals surface area contributed by atoms with Gasteiger partial charge in [-0.25, -0.2) is 4.79 Å². The van der Waals surface area contributed by atoms with Crippen LogP contribution in [0.15, 0.2) is 36.4 Å². The van der Waals surface area contributed by atoms with Crippen molar-refractivity contribution >= 4 is 5.97 Å². The quantitative estimate of drug-likeness (QED) is 0.292. The van der Waals surface area contributed by atoms with Gasteiger partial charge in [0.25, 0.3) is 0 Å². The van der Waals surface area contributed by atoms with Gasteiger partial charge in [-0.1, -0.05) is 26.0 Å². The highest BCUT2D eigenvalue weighted by atomic mass is 16.6. The van der Waals surface area contributed by atoms with Gasteiger partial charge >= 0.3 is 5.97 Å². The van der Waals surface area contributed by atoms with Crippen LogP contribution in [0.4, 0.5) is 0 Å². The van der Waals surface area contributed by atoms with Crippen molar-refractivity contribution in [3.8, 4) is 17.6 Å². The molecule has 0 aliphatic carbocycles. The molecule has 1 N–H and O–H groups in total. The maximum atomic E-state index is 12.1. The molecule has 0 saturated carbocycles. The maximum absolute atomic E-state index is 12.1. The SMILES string of the molecule is COC(=O)c1cc(CCN(C)CCCC(C#N)(c2ccc(OC)c(OC)c2)C(C)C)cc(C(O)OC)c1. The number of nitriles is 1. The zero-order chi connectivity index (χ0) is 27.6. The van der Waals surface area contributed by atoms with Crippen LogP contribution in [0, 0.1) is 17.2 Å². The zero-order valence-electron chi connectivity index (χ0n) is 23.0. The predicted octanol–water partition coefficient (Wildman–Crippen LogP) is 4.50. The number of rotatable bonds is 14. The highest BCUT2D eigenvalue weighted by Crippen LogP contribution is 2.40. The summed E-state index contributed by atoms with van der Waals surface area (Å²) in [4.78, 5) is 14.3. The molecule has 0 spiro atoms. The first-order valence-electron chi connectivity index (χ1n) is 12.4. The van der Waals surface area contributed by atoms with Crippen LogP contribution in [0.2, 0.25) is 0 Å². The van der Waals surface area contributed by atoms with Gasteiger partial charge < -0.3 is 29.0 Å². The Morgan fingerprint density at radius 3 is 2.32 bits per heavy atom. The standard InChI is InChI=1S/C29H40N2O6/c1-20(2)29(19-30,24-9-10-25(34-4)26(18-24)35-5)12-8-13-31(3)14-11-21-15-22(27(32)36-6)17-23(16-21)28(33)37-7/h9-10,15-18,20,27,32H,8,11-14H2,1-7H3. The van der Waals surface area contributed by atoms with Gasteiger partial charge in [0.15, 0.2) is 17.8 Å². The minimum absolute atomic E-state index is 0.104. The molecular weight excluding hydrogens is 472 g/mol. The minimum atomic E-state index is -1.12. The first-order chi connectivity index (χ1) is 17.6. The number of hydrogen-bond donors (Lipinski definition) is 1. The predicted molar refractivity (Wildman–Crippen MR) is 142 cm³/mol. The van der Waals surface area contributed by atoms with Crippen LogP contribution in [0.3, 0.4) is 0 Å². The molecule has 0 heterocycles. The van der Waals surface area contributed by atoms with Crippen LogP contribution in [-0.2, 0) is 21.3 Å². The highest BCUT2D eigenvalue weighted by Gasteiger charge is 2.36. The van der Waals surface area contributed by atoms with Gasteiger partial charge in [0.2, 0.25) is 0 Å². The lowest BCUT2D eigenvalue weighted by atomic mass is 9.69. The first-order valence-corrected chi connectivity index (χ1v) is 12.4. The van der Waals surface area contributed by atoms with E-state index in [2.05, 4.69) is 24.8 Å².